The third kappa shape index (κ3) is 7.70. The van der Waals surface area contributed by atoms with E-state index in [1.807, 2.05) is 6.92 Å². The van der Waals surface area contributed by atoms with Crippen LogP contribution in [0.25, 0.3) is 10.9 Å². The highest BCUT2D eigenvalue weighted by atomic mass is 79.9. The van der Waals surface area contributed by atoms with Crippen molar-refractivity contribution in [1.82, 2.24) is 4.98 Å². The van der Waals surface area contributed by atoms with E-state index in [0.29, 0.717) is 20.9 Å². The number of aromatic amines is 1. The summed E-state index contributed by atoms with van der Waals surface area (Å²) >= 11 is 3.43. The maximum Gasteiger partial charge on any atom is 0.514 e. The van der Waals surface area contributed by atoms with Gasteiger partial charge in [0.25, 0.3) is 0 Å². The predicted octanol–water partition coefficient (Wildman–Crippen LogP) is 5.65. The fourth-order valence-corrected chi connectivity index (χ4v) is 4.15. The zero-order valence-corrected chi connectivity index (χ0v) is 24.2. The van der Waals surface area contributed by atoms with Crippen LogP contribution >= 0.6 is 15.9 Å². The molecule has 1 aromatic heterocycles. The van der Waals surface area contributed by atoms with Gasteiger partial charge in [0.2, 0.25) is 0 Å². The zero-order valence-electron chi connectivity index (χ0n) is 22.6. The summed E-state index contributed by atoms with van der Waals surface area (Å²) in [6.45, 7) is 17.3. The Bertz CT molecular complexity index is 1150. The summed E-state index contributed by atoms with van der Waals surface area (Å²) in [6.07, 6.45) is 0.670. The van der Waals surface area contributed by atoms with E-state index in [4.69, 9.17) is 24.7 Å². The van der Waals surface area contributed by atoms with Crippen molar-refractivity contribution in [3.63, 3.8) is 0 Å². The molecule has 10 heteroatoms. The van der Waals surface area contributed by atoms with Crippen molar-refractivity contribution in [3.05, 3.63) is 27.9 Å². The topological polar surface area (TPSA) is 130 Å². The Morgan fingerprint density at radius 1 is 0.889 bits per heavy atom. The van der Waals surface area contributed by atoms with Gasteiger partial charge in [-0.05, 0) is 102 Å². The summed E-state index contributed by atoms with van der Waals surface area (Å²) in [5.74, 6) is -2.45. The molecule has 0 radical (unpaired) electrons. The Balaban J connectivity index is 2.66. The average Bonchev–Trinajstić information content (AvgIpc) is 3.06. The molecular weight excluding hydrogens is 532 g/mol. The quantitative estimate of drug-likeness (QED) is 0.269. The van der Waals surface area contributed by atoms with Crippen molar-refractivity contribution in [3.8, 4) is 5.75 Å². The van der Waals surface area contributed by atoms with Gasteiger partial charge in [0.15, 0.2) is 5.75 Å². The van der Waals surface area contributed by atoms with Crippen LogP contribution in [0.3, 0.4) is 0 Å². The molecule has 0 amide bonds. The summed E-state index contributed by atoms with van der Waals surface area (Å²) < 4.78 is 22.4. The van der Waals surface area contributed by atoms with Crippen molar-refractivity contribution < 1.29 is 33.3 Å². The average molecular weight is 569 g/mol. The Hall–Kier alpha value is -2.59. The van der Waals surface area contributed by atoms with E-state index < -0.39 is 46.9 Å². The highest BCUT2D eigenvalue weighted by Crippen LogP contribution is 2.41. The van der Waals surface area contributed by atoms with Crippen LogP contribution in [0.4, 0.5) is 4.79 Å². The Labute approximate surface area is 220 Å². The number of H-pyrrole nitrogens is 1. The van der Waals surface area contributed by atoms with Gasteiger partial charge >= 0.3 is 18.1 Å². The number of aromatic nitrogens is 1. The highest BCUT2D eigenvalue weighted by Gasteiger charge is 2.40. The number of rotatable bonds is 5. The summed E-state index contributed by atoms with van der Waals surface area (Å²) in [6, 6.07) is 0.390. The minimum Gasteiger partial charge on any atom is -0.459 e. The molecule has 36 heavy (non-hydrogen) atoms. The van der Waals surface area contributed by atoms with Crippen molar-refractivity contribution in [1.29, 1.82) is 0 Å². The van der Waals surface area contributed by atoms with E-state index in [0.717, 1.165) is 5.56 Å². The molecule has 9 nitrogen and oxygen atoms in total. The molecule has 1 heterocycles. The van der Waals surface area contributed by atoms with Gasteiger partial charge in [-0.15, -0.1) is 0 Å². The molecular formula is C26H37BrN2O7. The number of nitrogens with two attached hydrogens (primary N) is 1. The largest absolute Gasteiger partial charge is 0.514 e. The molecule has 0 saturated carbocycles. The van der Waals surface area contributed by atoms with Crippen LogP contribution < -0.4 is 10.5 Å². The summed E-state index contributed by atoms with van der Waals surface area (Å²) in [5.41, 5.74) is 5.54. The van der Waals surface area contributed by atoms with Crippen molar-refractivity contribution >= 4 is 44.9 Å². The lowest BCUT2D eigenvalue weighted by Crippen LogP contribution is -2.45. The van der Waals surface area contributed by atoms with Gasteiger partial charge in [0, 0.05) is 11.6 Å². The van der Waals surface area contributed by atoms with Gasteiger partial charge in [0.05, 0.1) is 9.99 Å². The lowest BCUT2D eigenvalue weighted by molar-refractivity contribution is -0.165. The number of halogens is 1. The second kappa shape index (κ2) is 10.4. The molecule has 1 aromatic carbocycles. The van der Waals surface area contributed by atoms with Crippen LogP contribution in [0.5, 0.6) is 5.75 Å². The van der Waals surface area contributed by atoms with Gasteiger partial charge in [-0.1, -0.05) is 0 Å². The third-order valence-corrected chi connectivity index (χ3v) is 5.29. The molecule has 0 aliphatic carbocycles. The van der Waals surface area contributed by atoms with Crippen molar-refractivity contribution in [2.24, 2.45) is 5.73 Å². The van der Waals surface area contributed by atoms with Crippen LogP contribution in [0.15, 0.2) is 16.7 Å². The van der Waals surface area contributed by atoms with E-state index in [2.05, 4.69) is 20.9 Å². The molecule has 2 unspecified atom stereocenters. The number of carbonyl (C=O) groups is 3. The lowest BCUT2D eigenvalue weighted by atomic mass is 9.89. The smallest absolute Gasteiger partial charge is 0.459 e. The molecule has 0 fully saturated rings. The fraction of sp³-hybridized carbons (Fsp3) is 0.577. The molecule has 0 saturated heterocycles. The Kier molecular flexibility index (Phi) is 8.57. The molecule has 3 N–H and O–H groups in total. The first-order valence-corrected chi connectivity index (χ1v) is 12.4. The maximum atomic E-state index is 13.4. The van der Waals surface area contributed by atoms with Crippen molar-refractivity contribution in [2.45, 2.75) is 98.0 Å². The van der Waals surface area contributed by atoms with E-state index in [9.17, 15) is 14.4 Å². The number of nitrogens with one attached hydrogen (secondary N) is 1. The first kappa shape index (κ1) is 29.6. The first-order valence-electron chi connectivity index (χ1n) is 11.6. The molecule has 2 rings (SSSR count). The van der Waals surface area contributed by atoms with Gasteiger partial charge in [0.1, 0.15) is 28.8 Å². The molecule has 0 aliphatic heterocycles. The van der Waals surface area contributed by atoms with E-state index in [1.165, 1.54) is 0 Å². The van der Waals surface area contributed by atoms with Crippen LogP contribution in [0.2, 0.25) is 0 Å². The number of esters is 2. The number of aryl methyl sites for hydroxylation is 1. The molecule has 0 spiro atoms. The van der Waals surface area contributed by atoms with Gasteiger partial charge < -0.3 is 29.7 Å². The van der Waals surface area contributed by atoms with Gasteiger partial charge in [-0.3, -0.25) is 9.59 Å². The molecule has 2 aromatic rings. The molecule has 200 valence electrons. The highest BCUT2D eigenvalue weighted by molar-refractivity contribution is 9.10. The van der Waals surface area contributed by atoms with Crippen LogP contribution in [0, 0.1) is 6.92 Å². The number of ether oxygens (including phenoxy) is 4. The number of benzene rings is 1. The second-order valence-corrected chi connectivity index (χ2v) is 12.5. The molecule has 0 aliphatic rings. The van der Waals surface area contributed by atoms with Gasteiger partial charge in [-0.25, -0.2) is 4.79 Å². The second-order valence-electron chi connectivity index (χ2n) is 11.6. The SMILES string of the molecule is Cc1cc(Br)c(OC(=O)OC(C)(C)C)c2[nH]cc(C(C(=O)OC(C)(C)C)C(N)C(=O)OC(C)(C)C)c12. The summed E-state index contributed by atoms with van der Waals surface area (Å²) in [5, 5.41) is 0.562. The standard InChI is InChI=1S/C26H37BrN2O7/c1-13-11-15(27)20(33-23(32)36-26(8,9)10)19-16(13)14(12-29-19)17(21(30)34-24(2,3)4)18(28)22(31)35-25(5,6)7/h11-12,17-18,29H,28H2,1-10H3. The van der Waals surface area contributed by atoms with E-state index in [1.54, 1.807) is 74.6 Å². The van der Waals surface area contributed by atoms with Crippen molar-refractivity contribution in [2.75, 3.05) is 0 Å². The number of carbonyl (C=O) groups excluding carboxylic acids is 3. The van der Waals surface area contributed by atoms with Gasteiger partial charge in [-0.2, -0.15) is 0 Å². The Morgan fingerprint density at radius 2 is 1.39 bits per heavy atom. The minimum atomic E-state index is -1.35. The summed E-state index contributed by atoms with van der Waals surface area (Å²) in [7, 11) is 0. The van der Waals surface area contributed by atoms with E-state index in [-0.39, 0.29) is 5.75 Å². The van der Waals surface area contributed by atoms with Crippen LogP contribution in [-0.4, -0.2) is 45.9 Å². The minimum absolute atomic E-state index is 0.171. The number of hydrogen-bond donors (Lipinski definition) is 2. The number of hydrogen-bond acceptors (Lipinski definition) is 8. The maximum absolute atomic E-state index is 13.4. The fourth-order valence-electron chi connectivity index (χ4n) is 3.53. The zero-order chi connectivity index (χ0) is 27.8. The summed E-state index contributed by atoms with van der Waals surface area (Å²) in [4.78, 5) is 41.8. The predicted molar refractivity (Wildman–Crippen MR) is 140 cm³/mol. The van der Waals surface area contributed by atoms with E-state index >= 15 is 0 Å². The molecule has 0 bridgehead atoms. The first-order chi connectivity index (χ1) is 16.2. The normalized spacial score (nSPS) is 14.2. The lowest BCUT2D eigenvalue weighted by Gasteiger charge is -2.28. The monoisotopic (exact) mass is 568 g/mol. The number of fused-ring (bicyclic) bond motifs is 1. The third-order valence-electron chi connectivity index (χ3n) is 4.70. The van der Waals surface area contributed by atoms with Crippen LogP contribution in [0.1, 0.15) is 79.4 Å². The van der Waals surface area contributed by atoms with Crippen LogP contribution in [-0.2, 0) is 23.8 Å². The molecule has 2 atom stereocenters. The Morgan fingerprint density at radius 3 is 1.89 bits per heavy atom.